The summed E-state index contributed by atoms with van der Waals surface area (Å²) < 4.78 is 13.6. The van der Waals surface area contributed by atoms with E-state index in [0.29, 0.717) is 5.11 Å². The first-order chi connectivity index (χ1) is 19.5. The Labute approximate surface area is 239 Å². The molecule has 1 N–H and O–H groups in total. The van der Waals surface area contributed by atoms with E-state index in [1.165, 1.54) is 11.1 Å². The zero-order valence-electron chi connectivity index (χ0n) is 22.6. The first kappa shape index (κ1) is 25.6. The number of benzene rings is 3. The molecular formula is C33H30N4O2S. The number of anilines is 1. The van der Waals surface area contributed by atoms with Gasteiger partial charge in [-0.1, -0.05) is 12.1 Å². The van der Waals surface area contributed by atoms with E-state index in [1.807, 2.05) is 72.9 Å². The Bertz CT molecular complexity index is 1630. The van der Waals surface area contributed by atoms with Crippen molar-refractivity contribution in [2.75, 3.05) is 12.0 Å². The second-order valence-corrected chi connectivity index (χ2v) is 10.2. The fraction of sp³-hybridized carbons (Fsp3) is 0.152. The highest BCUT2D eigenvalue weighted by Gasteiger charge is 2.42. The predicted molar refractivity (Wildman–Crippen MR) is 163 cm³/mol. The van der Waals surface area contributed by atoms with Gasteiger partial charge in [-0.3, -0.25) is 4.98 Å². The van der Waals surface area contributed by atoms with Crippen LogP contribution in [0.5, 0.6) is 17.2 Å². The van der Waals surface area contributed by atoms with E-state index in [2.05, 4.69) is 65.2 Å². The molecule has 5 aromatic rings. The maximum atomic E-state index is 6.07. The topological polar surface area (TPSA) is 51.6 Å². The highest BCUT2D eigenvalue weighted by Crippen LogP contribution is 2.42. The first-order valence-corrected chi connectivity index (χ1v) is 13.6. The molecule has 0 radical (unpaired) electrons. The normalized spacial score (nSPS) is 16.6. The van der Waals surface area contributed by atoms with E-state index in [-0.39, 0.29) is 12.1 Å². The molecule has 200 valence electrons. The fourth-order valence-corrected chi connectivity index (χ4v) is 5.48. The van der Waals surface area contributed by atoms with Gasteiger partial charge in [0, 0.05) is 29.5 Å². The largest absolute Gasteiger partial charge is 0.497 e. The number of pyridine rings is 1. The number of ether oxygens (including phenoxy) is 2. The zero-order valence-corrected chi connectivity index (χ0v) is 23.4. The molecule has 3 aromatic carbocycles. The van der Waals surface area contributed by atoms with Gasteiger partial charge in [0.1, 0.15) is 23.3 Å². The van der Waals surface area contributed by atoms with Crippen molar-refractivity contribution in [3.05, 3.63) is 132 Å². The van der Waals surface area contributed by atoms with Gasteiger partial charge >= 0.3 is 0 Å². The molecule has 1 fully saturated rings. The quantitative estimate of drug-likeness (QED) is 0.214. The van der Waals surface area contributed by atoms with Crippen LogP contribution in [-0.4, -0.2) is 21.8 Å². The van der Waals surface area contributed by atoms with Gasteiger partial charge in [-0.2, -0.15) is 0 Å². The lowest BCUT2D eigenvalue weighted by molar-refractivity contribution is 0.413. The number of aromatic nitrogens is 2. The van der Waals surface area contributed by atoms with Gasteiger partial charge in [0.05, 0.1) is 18.8 Å². The van der Waals surface area contributed by atoms with Crippen molar-refractivity contribution in [2.24, 2.45) is 0 Å². The van der Waals surface area contributed by atoms with Crippen molar-refractivity contribution in [2.45, 2.75) is 25.9 Å². The minimum absolute atomic E-state index is 0.132. The number of methoxy groups -OCH3 is 1. The lowest BCUT2D eigenvalue weighted by Gasteiger charge is -2.29. The Kier molecular flexibility index (Phi) is 6.97. The van der Waals surface area contributed by atoms with Crippen LogP contribution in [0, 0.1) is 13.8 Å². The van der Waals surface area contributed by atoms with Crippen LogP contribution in [0.15, 0.2) is 109 Å². The van der Waals surface area contributed by atoms with Gasteiger partial charge < -0.3 is 24.3 Å². The van der Waals surface area contributed by atoms with Gasteiger partial charge in [-0.05, 0) is 122 Å². The van der Waals surface area contributed by atoms with Gasteiger partial charge in [0.15, 0.2) is 5.11 Å². The van der Waals surface area contributed by atoms with E-state index in [1.54, 1.807) is 7.11 Å². The summed E-state index contributed by atoms with van der Waals surface area (Å²) in [5, 5.41) is 4.21. The molecule has 1 aliphatic rings. The van der Waals surface area contributed by atoms with E-state index in [9.17, 15) is 0 Å². The molecule has 40 heavy (non-hydrogen) atoms. The van der Waals surface area contributed by atoms with Crippen LogP contribution in [-0.2, 0) is 0 Å². The van der Waals surface area contributed by atoms with Gasteiger partial charge in [-0.15, -0.1) is 0 Å². The number of nitrogens with one attached hydrogen (secondary N) is 1. The van der Waals surface area contributed by atoms with Crippen LogP contribution in [0.2, 0.25) is 0 Å². The minimum Gasteiger partial charge on any atom is -0.497 e. The molecule has 6 rings (SSSR count). The molecular weight excluding hydrogens is 516 g/mol. The molecule has 6 nitrogen and oxygen atoms in total. The molecule has 2 aromatic heterocycles. The molecule has 1 saturated heterocycles. The molecule has 0 saturated carbocycles. The molecule has 7 heteroatoms. The molecule has 0 aliphatic carbocycles. The summed E-state index contributed by atoms with van der Waals surface area (Å²) in [6.45, 7) is 4.28. The third-order valence-electron chi connectivity index (χ3n) is 7.36. The summed E-state index contributed by atoms with van der Waals surface area (Å²) in [4.78, 5) is 6.88. The number of rotatable bonds is 7. The Morgan fingerprint density at radius 1 is 0.775 bits per heavy atom. The zero-order chi connectivity index (χ0) is 27.6. The van der Waals surface area contributed by atoms with Gasteiger partial charge in [-0.25, -0.2) is 0 Å². The number of thiocarbonyl (C=S) groups is 1. The maximum Gasteiger partial charge on any atom is 0.174 e. The smallest absolute Gasteiger partial charge is 0.174 e. The van der Waals surface area contributed by atoms with Crippen molar-refractivity contribution >= 4 is 23.0 Å². The number of hydrogen-bond donors (Lipinski definition) is 1. The van der Waals surface area contributed by atoms with Crippen LogP contribution in [0.1, 0.15) is 34.6 Å². The molecule has 0 bridgehead atoms. The van der Waals surface area contributed by atoms with Gasteiger partial charge in [0.2, 0.25) is 0 Å². The Morgan fingerprint density at radius 2 is 1.48 bits per heavy atom. The second kappa shape index (κ2) is 10.9. The summed E-state index contributed by atoms with van der Waals surface area (Å²) in [5.74, 6) is 2.27. The van der Waals surface area contributed by atoms with Crippen LogP contribution < -0.4 is 19.7 Å². The molecule has 0 unspecified atom stereocenters. The van der Waals surface area contributed by atoms with Crippen molar-refractivity contribution in [1.82, 2.24) is 14.9 Å². The summed E-state index contributed by atoms with van der Waals surface area (Å²) in [6, 6.07) is 32.1. The first-order valence-electron chi connectivity index (χ1n) is 13.2. The van der Waals surface area contributed by atoms with Crippen LogP contribution in [0.25, 0.3) is 5.69 Å². The highest BCUT2D eigenvalue weighted by molar-refractivity contribution is 7.80. The summed E-state index contributed by atoms with van der Waals surface area (Å²) in [5.41, 5.74) is 6.66. The fourth-order valence-electron chi connectivity index (χ4n) is 5.13. The highest BCUT2D eigenvalue weighted by atomic mass is 32.1. The Morgan fingerprint density at radius 3 is 2.15 bits per heavy atom. The van der Waals surface area contributed by atoms with E-state index < -0.39 is 0 Å². The van der Waals surface area contributed by atoms with Gasteiger partial charge in [0.25, 0.3) is 0 Å². The number of hydrogen-bond acceptors (Lipinski definition) is 4. The average molecular weight is 547 g/mol. The third kappa shape index (κ3) is 4.92. The average Bonchev–Trinajstić information content (AvgIpc) is 3.60. The predicted octanol–water partition coefficient (Wildman–Crippen LogP) is 7.47. The summed E-state index contributed by atoms with van der Waals surface area (Å²) in [6.07, 6.45) is 3.94. The van der Waals surface area contributed by atoms with E-state index in [0.717, 1.165) is 40.0 Å². The van der Waals surface area contributed by atoms with Crippen LogP contribution >= 0.6 is 12.2 Å². The Balaban J connectivity index is 1.37. The number of nitrogens with zero attached hydrogens (tertiary/aromatic N) is 3. The van der Waals surface area contributed by atoms with Crippen molar-refractivity contribution in [3.8, 4) is 22.9 Å². The number of aryl methyl sites for hydroxylation is 2. The minimum atomic E-state index is -0.135. The standard InChI is InChI=1S/C33H30N4O2S/c1-22-9-10-25(21-23(22)2)36-20-6-8-30(36)32-31(29-7-4-5-19-34-29)35-33(40)37(32)24-11-13-27(14-12-24)39-28-17-15-26(38-3)16-18-28/h4-21,31-32H,1-3H3,(H,35,40)/t31-,32+/m0/s1. The summed E-state index contributed by atoms with van der Waals surface area (Å²) >= 11 is 5.94. The monoisotopic (exact) mass is 546 g/mol. The van der Waals surface area contributed by atoms with E-state index in [4.69, 9.17) is 26.7 Å². The molecule has 3 heterocycles. The van der Waals surface area contributed by atoms with Crippen molar-refractivity contribution in [3.63, 3.8) is 0 Å². The lowest BCUT2D eigenvalue weighted by Crippen LogP contribution is -2.30. The van der Waals surface area contributed by atoms with Crippen LogP contribution in [0.4, 0.5) is 5.69 Å². The molecule has 0 spiro atoms. The maximum absolute atomic E-state index is 6.07. The second-order valence-electron chi connectivity index (χ2n) is 9.84. The molecule has 1 aliphatic heterocycles. The molecule has 0 amide bonds. The van der Waals surface area contributed by atoms with Crippen LogP contribution in [0.3, 0.4) is 0 Å². The van der Waals surface area contributed by atoms with Crippen molar-refractivity contribution in [1.29, 1.82) is 0 Å². The Hall–Kier alpha value is -4.62. The summed E-state index contributed by atoms with van der Waals surface area (Å²) in [7, 11) is 1.65. The van der Waals surface area contributed by atoms with E-state index >= 15 is 0 Å². The SMILES string of the molecule is COc1ccc(Oc2ccc(N3C(=S)N[C@@H](c4ccccn4)[C@H]3c3cccn3-c3ccc(C)c(C)c3)cc2)cc1. The molecule has 2 atom stereocenters. The van der Waals surface area contributed by atoms with Crippen molar-refractivity contribution < 1.29 is 9.47 Å². The third-order valence-corrected chi connectivity index (χ3v) is 7.67. The lowest BCUT2D eigenvalue weighted by atomic mass is 10.0.